The van der Waals surface area contributed by atoms with E-state index < -0.39 is 10.0 Å². The fourth-order valence-corrected chi connectivity index (χ4v) is 4.23. The Morgan fingerprint density at radius 2 is 2.05 bits per heavy atom. The Hall–Kier alpha value is -0.590. The van der Waals surface area contributed by atoms with Gasteiger partial charge in [0.2, 0.25) is 5.03 Å². The van der Waals surface area contributed by atoms with E-state index in [4.69, 9.17) is 11.6 Å². The molecule has 1 saturated heterocycles. The van der Waals surface area contributed by atoms with Crippen molar-refractivity contribution in [1.82, 2.24) is 13.9 Å². The van der Waals surface area contributed by atoms with Gasteiger partial charge in [0.25, 0.3) is 10.0 Å². The minimum Gasteiger partial charge on any atom is -0.324 e. The molecular formula is C12H20ClN3O2S. The molecule has 1 fully saturated rings. The number of rotatable bonds is 2. The average molecular weight is 306 g/mol. The number of aromatic nitrogens is 2. The fourth-order valence-electron chi connectivity index (χ4n) is 2.34. The molecule has 2 heterocycles. The summed E-state index contributed by atoms with van der Waals surface area (Å²) in [7, 11) is -1.90. The SMILES string of the molecule is Cn1cnc(S(=O)(=O)N2CCC(C(C)(C)C)C2)c1Cl. The molecule has 108 valence electrons. The lowest BCUT2D eigenvalue weighted by Crippen LogP contribution is -2.31. The summed E-state index contributed by atoms with van der Waals surface area (Å²) in [5.74, 6) is 0.366. The summed E-state index contributed by atoms with van der Waals surface area (Å²) in [6.07, 6.45) is 2.31. The minimum atomic E-state index is -3.57. The van der Waals surface area contributed by atoms with Gasteiger partial charge in [0.15, 0.2) is 0 Å². The van der Waals surface area contributed by atoms with E-state index in [9.17, 15) is 8.42 Å². The van der Waals surface area contributed by atoms with Gasteiger partial charge < -0.3 is 4.57 Å². The van der Waals surface area contributed by atoms with E-state index in [2.05, 4.69) is 25.8 Å². The first-order chi connectivity index (χ1) is 8.64. The second-order valence-electron chi connectivity index (χ2n) is 6.17. The number of sulfonamides is 1. The Balaban J connectivity index is 2.26. The summed E-state index contributed by atoms with van der Waals surface area (Å²) in [6, 6.07) is 0. The third kappa shape index (κ3) is 2.66. The van der Waals surface area contributed by atoms with Crippen LogP contribution in [0.5, 0.6) is 0 Å². The monoisotopic (exact) mass is 305 g/mol. The van der Waals surface area contributed by atoms with Gasteiger partial charge >= 0.3 is 0 Å². The van der Waals surface area contributed by atoms with Crippen molar-refractivity contribution in [2.24, 2.45) is 18.4 Å². The molecule has 0 N–H and O–H groups in total. The van der Waals surface area contributed by atoms with E-state index in [1.807, 2.05) is 0 Å². The molecule has 1 unspecified atom stereocenters. The van der Waals surface area contributed by atoms with E-state index in [1.165, 1.54) is 15.2 Å². The maximum absolute atomic E-state index is 12.5. The normalized spacial score (nSPS) is 22.1. The zero-order chi connectivity index (χ0) is 14.4. The molecule has 1 aliphatic heterocycles. The Morgan fingerprint density at radius 3 is 2.47 bits per heavy atom. The van der Waals surface area contributed by atoms with Crippen LogP contribution >= 0.6 is 11.6 Å². The first-order valence-electron chi connectivity index (χ1n) is 6.31. The quantitative estimate of drug-likeness (QED) is 0.841. The van der Waals surface area contributed by atoms with Crippen molar-refractivity contribution in [1.29, 1.82) is 0 Å². The number of imidazole rings is 1. The van der Waals surface area contributed by atoms with Crippen LogP contribution in [-0.4, -0.2) is 35.4 Å². The van der Waals surface area contributed by atoms with Crippen molar-refractivity contribution in [2.75, 3.05) is 13.1 Å². The number of hydrogen-bond acceptors (Lipinski definition) is 3. The molecule has 1 atom stereocenters. The van der Waals surface area contributed by atoms with Crippen molar-refractivity contribution in [3.05, 3.63) is 11.5 Å². The molecule has 1 aliphatic rings. The molecule has 0 saturated carbocycles. The third-order valence-electron chi connectivity index (χ3n) is 3.79. The van der Waals surface area contributed by atoms with Gasteiger partial charge in [0.1, 0.15) is 5.15 Å². The van der Waals surface area contributed by atoms with E-state index in [0.717, 1.165) is 6.42 Å². The number of aryl methyl sites for hydroxylation is 1. The smallest absolute Gasteiger partial charge is 0.263 e. The van der Waals surface area contributed by atoms with Crippen LogP contribution in [-0.2, 0) is 17.1 Å². The van der Waals surface area contributed by atoms with Gasteiger partial charge in [-0.3, -0.25) is 0 Å². The molecule has 1 aromatic heterocycles. The van der Waals surface area contributed by atoms with E-state index in [0.29, 0.717) is 19.0 Å². The predicted octanol–water partition coefficient (Wildman–Crippen LogP) is 2.13. The van der Waals surface area contributed by atoms with Gasteiger partial charge in [-0.05, 0) is 17.8 Å². The highest BCUT2D eigenvalue weighted by molar-refractivity contribution is 7.89. The van der Waals surface area contributed by atoms with E-state index >= 15 is 0 Å². The Kier molecular flexibility index (Phi) is 3.70. The lowest BCUT2D eigenvalue weighted by molar-refractivity contribution is 0.252. The largest absolute Gasteiger partial charge is 0.324 e. The Labute approximate surface area is 119 Å². The number of hydrogen-bond donors (Lipinski definition) is 0. The highest BCUT2D eigenvalue weighted by Crippen LogP contribution is 2.36. The molecule has 5 nitrogen and oxygen atoms in total. The van der Waals surface area contributed by atoms with Crippen molar-refractivity contribution in [3.63, 3.8) is 0 Å². The summed E-state index contributed by atoms with van der Waals surface area (Å²) in [5, 5.41) is 0.130. The average Bonchev–Trinajstić information content (AvgIpc) is 2.87. The van der Waals surface area contributed by atoms with Crippen LogP contribution < -0.4 is 0 Å². The van der Waals surface area contributed by atoms with Crippen LogP contribution in [0.1, 0.15) is 27.2 Å². The zero-order valence-electron chi connectivity index (χ0n) is 11.7. The fraction of sp³-hybridized carbons (Fsp3) is 0.750. The highest BCUT2D eigenvalue weighted by Gasteiger charge is 2.39. The van der Waals surface area contributed by atoms with Crippen molar-refractivity contribution in [3.8, 4) is 0 Å². The maximum Gasteiger partial charge on any atom is 0.263 e. The van der Waals surface area contributed by atoms with Crippen LogP contribution in [0.4, 0.5) is 0 Å². The molecule has 2 rings (SSSR count). The molecular weight excluding hydrogens is 286 g/mol. The molecule has 0 bridgehead atoms. The first kappa shape index (κ1) is 14.8. The van der Waals surface area contributed by atoms with Gasteiger partial charge in [-0.2, -0.15) is 4.31 Å². The highest BCUT2D eigenvalue weighted by atomic mass is 35.5. The minimum absolute atomic E-state index is 0.0359. The molecule has 7 heteroatoms. The van der Waals surface area contributed by atoms with Crippen molar-refractivity contribution < 1.29 is 8.42 Å². The van der Waals surface area contributed by atoms with E-state index in [1.54, 1.807) is 7.05 Å². The second-order valence-corrected chi connectivity index (χ2v) is 8.38. The molecule has 1 aromatic rings. The van der Waals surface area contributed by atoms with Gasteiger partial charge in [-0.15, -0.1) is 0 Å². The van der Waals surface area contributed by atoms with Gasteiger partial charge in [-0.25, -0.2) is 13.4 Å². The summed E-state index contributed by atoms with van der Waals surface area (Å²) in [6.45, 7) is 7.50. The molecule has 19 heavy (non-hydrogen) atoms. The van der Waals surface area contributed by atoms with Crippen LogP contribution in [0.25, 0.3) is 0 Å². The zero-order valence-corrected chi connectivity index (χ0v) is 13.3. The summed E-state index contributed by atoms with van der Waals surface area (Å²) >= 11 is 5.99. The van der Waals surface area contributed by atoms with Gasteiger partial charge in [0, 0.05) is 20.1 Å². The molecule has 0 amide bonds. The second kappa shape index (κ2) is 4.75. The number of nitrogens with zero attached hydrogens (tertiary/aromatic N) is 3. The van der Waals surface area contributed by atoms with Crippen LogP contribution in [0.15, 0.2) is 11.4 Å². The Morgan fingerprint density at radius 1 is 1.42 bits per heavy atom. The van der Waals surface area contributed by atoms with Crippen LogP contribution in [0.3, 0.4) is 0 Å². The standard InChI is InChI=1S/C12H20ClN3O2S/c1-12(2,3)9-5-6-16(7-9)19(17,18)11-10(13)15(4)8-14-11/h8-9H,5-7H2,1-4H3. The first-order valence-corrected chi connectivity index (χ1v) is 8.13. The molecule has 0 spiro atoms. The summed E-state index contributed by atoms with van der Waals surface area (Å²) < 4.78 is 28.0. The van der Waals surface area contributed by atoms with Crippen LogP contribution in [0.2, 0.25) is 5.15 Å². The lowest BCUT2D eigenvalue weighted by Gasteiger charge is -2.26. The molecule has 0 radical (unpaired) electrons. The summed E-state index contributed by atoms with van der Waals surface area (Å²) in [4.78, 5) is 3.92. The van der Waals surface area contributed by atoms with E-state index in [-0.39, 0.29) is 15.6 Å². The predicted molar refractivity (Wildman–Crippen MR) is 74.5 cm³/mol. The maximum atomic E-state index is 12.5. The van der Waals surface area contributed by atoms with Crippen LogP contribution in [0, 0.1) is 11.3 Å². The Bertz CT molecular complexity index is 574. The lowest BCUT2D eigenvalue weighted by atomic mass is 9.80. The van der Waals surface area contributed by atoms with Crippen molar-refractivity contribution in [2.45, 2.75) is 32.2 Å². The van der Waals surface area contributed by atoms with Gasteiger partial charge in [0.05, 0.1) is 6.33 Å². The van der Waals surface area contributed by atoms with Gasteiger partial charge in [-0.1, -0.05) is 32.4 Å². The topological polar surface area (TPSA) is 55.2 Å². The molecule has 0 aromatic carbocycles. The third-order valence-corrected chi connectivity index (χ3v) is 6.15. The molecule has 0 aliphatic carbocycles. The number of halogens is 1. The van der Waals surface area contributed by atoms with Crippen molar-refractivity contribution >= 4 is 21.6 Å². The summed E-state index contributed by atoms with van der Waals surface area (Å²) in [5.41, 5.74) is 0.109.